The molecule has 1 saturated heterocycles. The number of halogens is 3. The average Bonchev–Trinajstić information content (AvgIpc) is 2.94. The maximum Gasteiger partial charge on any atom is 0.0982 e. The molecule has 2 aliphatic carbocycles. The van der Waals surface area contributed by atoms with E-state index in [0.29, 0.717) is 15.8 Å². The van der Waals surface area contributed by atoms with E-state index in [9.17, 15) is 0 Å². The number of fused-ring (bicyclic) bond motifs is 2. The van der Waals surface area contributed by atoms with E-state index < -0.39 is 0 Å². The molecule has 0 aromatic carbocycles. The molecule has 3 aliphatic rings. The van der Waals surface area contributed by atoms with Gasteiger partial charge < -0.3 is 4.74 Å². The van der Waals surface area contributed by atoms with E-state index in [4.69, 9.17) is 16.3 Å². The van der Waals surface area contributed by atoms with Crippen LogP contribution in [0.4, 0.5) is 0 Å². The van der Waals surface area contributed by atoms with Crippen LogP contribution in [0.3, 0.4) is 0 Å². The van der Waals surface area contributed by atoms with Gasteiger partial charge in [0.1, 0.15) is 0 Å². The van der Waals surface area contributed by atoms with E-state index in [1.807, 2.05) is 0 Å². The zero-order valence-corrected chi connectivity index (χ0v) is 16.0. The topological polar surface area (TPSA) is 12.5 Å². The summed E-state index contributed by atoms with van der Waals surface area (Å²) in [6.45, 7) is 9.31. The second-order valence-electron chi connectivity index (χ2n) is 7.67. The lowest BCUT2D eigenvalue weighted by Gasteiger charge is -2.59. The maximum atomic E-state index is 6.66. The first-order valence-electron chi connectivity index (χ1n) is 7.22. The fourth-order valence-corrected chi connectivity index (χ4v) is 6.38. The van der Waals surface area contributed by atoms with Gasteiger partial charge in [0.05, 0.1) is 16.6 Å². The minimum atomic E-state index is -0.124. The van der Waals surface area contributed by atoms with Crippen LogP contribution in [0.2, 0.25) is 0 Å². The molecule has 110 valence electrons. The molecule has 0 aromatic rings. The van der Waals surface area contributed by atoms with Crippen molar-refractivity contribution in [2.75, 3.05) is 0 Å². The van der Waals surface area contributed by atoms with Gasteiger partial charge in [0.25, 0.3) is 0 Å². The molecule has 0 N–H and O–H groups in total. The maximum absolute atomic E-state index is 6.66. The summed E-state index contributed by atoms with van der Waals surface area (Å²) < 4.78 is 6.19. The molecule has 1 heterocycles. The summed E-state index contributed by atoms with van der Waals surface area (Å²) in [7, 11) is 0. The van der Waals surface area contributed by atoms with Crippen LogP contribution >= 0.6 is 43.5 Å². The zero-order valence-electron chi connectivity index (χ0n) is 12.1. The number of hydrogen-bond donors (Lipinski definition) is 0. The van der Waals surface area contributed by atoms with Gasteiger partial charge in [-0.2, -0.15) is 0 Å². The molecule has 2 saturated carbocycles. The van der Waals surface area contributed by atoms with Crippen molar-refractivity contribution in [3.8, 4) is 0 Å². The Morgan fingerprint density at radius 1 is 1.05 bits per heavy atom. The van der Waals surface area contributed by atoms with Gasteiger partial charge in [0, 0.05) is 15.1 Å². The Kier molecular flexibility index (Phi) is 3.30. The minimum Gasteiger partial charge on any atom is -0.366 e. The molecular formula is C15H23Br2ClO. The molecule has 3 fully saturated rings. The molecule has 6 atom stereocenters. The molecule has 4 heteroatoms. The zero-order chi connectivity index (χ0) is 14.3. The van der Waals surface area contributed by atoms with Gasteiger partial charge in [0.15, 0.2) is 0 Å². The SMILES string of the molecule is CC1(C)[C@H](Br)C[C@@H]2O[C@]2(C)[C@]12CC[C@](C)(Cl)[C@@H](Br)C2. The Balaban J connectivity index is 2.01. The monoisotopic (exact) mass is 412 g/mol. The van der Waals surface area contributed by atoms with Crippen LogP contribution in [0.15, 0.2) is 0 Å². The van der Waals surface area contributed by atoms with Crippen molar-refractivity contribution in [2.24, 2.45) is 10.8 Å². The van der Waals surface area contributed by atoms with Gasteiger partial charge in [-0.15, -0.1) is 11.6 Å². The number of hydrogen-bond acceptors (Lipinski definition) is 1. The van der Waals surface area contributed by atoms with Gasteiger partial charge in [-0.3, -0.25) is 0 Å². The van der Waals surface area contributed by atoms with E-state index in [-0.39, 0.29) is 21.3 Å². The first kappa shape index (κ1) is 15.1. The first-order chi connectivity index (χ1) is 8.57. The van der Waals surface area contributed by atoms with Gasteiger partial charge in [-0.25, -0.2) is 0 Å². The molecule has 19 heavy (non-hydrogen) atoms. The first-order valence-corrected chi connectivity index (χ1v) is 9.43. The Labute approximate surface area is 138 Å². The van der Waals surface area contributed by atoms with E-state index in [2.05, 4.69) is 59.6 Å². The van der Waals surface area contributed by atoms with Crippen LogP contribution in [0.25, 0.3) is 0 Å². The summed E-state index contributed by atoms with van der Waals surface area (Å²) in [4.78, 5) is 0.760. The number of rotatable bonds is 0. The van der Waals surface area contributed by atoms with Crippen molar-refractivity contribution >= 4 is 43.5 Å². The van der Waals surface area contributed by atoms with Gasteiger partial charge in [-0.1, -0.05) is 45.7 Å². The van der Waals surface area contributed by atoms with Gasteiger partial charge in [-0.05, 0) is 44.9 Å². The van der Waals surface area contributed by atoms with Crippen LogP contribution < -0.4 is 0 Å². The van der Waals surface area contributed by atoms with E-state index in [1.54, 1.807) is 0 Å². The third-order valence-corrected chi connectivity index (χ3v) is 10.1. The van der Waals surface area contributed by atoms with Crippen molar-refractivity contribution in [2.45, 2.75) is 79.6 Å². The average molecular weight is 415 g/mol. The van der Waals surface area contributed by atoms with Gasteiger partial charge in [0.2, 0.25) is 0 Å². The molecule has 0 aromatic heterocycles. The number of ether oxygens (including phenoxy) is 1. The summed E-state index contributed by atoms with van der Waals surface area (Å²) in [6.07, 6.45) is 4.89. The molecule has 0 unspecified atom stereocenters. The van der Waals surface area contributed by atoms with Crippen molar-refractivity contribution in [1.82, 2.24) is 0 Å². The van der Waals surface area contributed by atoms with E-state index >= 15 is 0 Å². The molecule has 0 amide bonds. The second-order valence-corrected chi connectivity index (χ2v) is 10.7. The highest BCUT2D eigenvalue weighted by Gasteiger charge is 2.75. The fourth-order valence-electron chi connectivity index (χ4n) is 4.65. The van der Waals surface area contributed by atoms with E-state index in [0.717, 1.165) is 25.7 Å². The highest BCUT2D eigenvalue weighted by Crippen LogP contribution is 2.72. The minimum absolute atomic E-state index is 0.0557. The fraction of sp³-hybridized carbons (Fsp3) is 1.00. The van der Waals surface area contributed by atoms with Crippen LogP contribution in [0, 0.1) is 10.8 Å². The lowest BCUT2D eigenvalue weighted by atomic mass is 9.47. The Morgan fingerprint density at radius 2 is 1.68 bits per heavy atom. The molecule has 0 radical (unpaired) electrons. The van der Waals surface area contributed by atoms with Gasteiger partial charge >= 0.3 is 0 Å². The lowest BCUT2D eigenvalue weighted by Crippen LogP contribution is -2.61. The molecule has 3 rings (SSSR count). The van der Waals surface area contributed by atoms with Crippen molar-refractivity contribution in [3.63, 3.8) is 0 Å². The predicted molar refractivity (Wildman–Crippen MR) is 87.6 cm³/mol. The highest BCUT2D eigenvalue weighted by molar-refractivity contribution is 9.09. The van der Waals surface area contributed by atoms with Crippen LogP contribution in [-0.2, 0) is 4.74 Å². The molecule has 1 spiro atoms. The highest BCUT2D eigenvalue weighted by atomic mass is 79.9. The predicted octanol–water partition coefficient (Wildman–Crippen LogP) is 5.27. The lowest BCUT2D eigenvalue weighted by molar-refractivity contribution is -0.0547. The van der Waals surface area contributed by atoms with Crippen LogP contribution in [-0.4, -0.2) is 26.2 Å². The smallest absolute Gasteiger partial charge is 0.0982 e. The Morgan fingerprint density at radius 3 is 2.26 bits per heavy atom. The van der Waals surface area contributed by atoms with Crippen LogP contribution in [0.5, 0.6) is 0 Å². The van der Waals surface area contributed by atoms with Crippen molar-refractivity contribution in [1.29, 1.82) is 0 Å². The number of alkyl halides is 3. The standard InChI is InChI=1S/C15H23Br2ClO/c1-12(2)9(16)7-11-14(4,19-11)15(12)6-5-13(3,18)10(17)8-15/h9-11H,5-8H2,1-4H3/t9-,10+,11+,13+,14+,15+/m1/s1. The van der Waals surface area contributed by atoms with Crippen LogP contribution in [0.1, 0.15) is 53.4 Å². The Hall–Kier alpha value is 1.21. The summed E-state index contributed by atoms with van der Waals surface area (Å²) in [5.74, 6) is 0. The normalized spacial score (nSPS) is 59.8. The Bertz CT molecular complexity index is 411. The summed E-state index contributed by atoms with van der Waals surface area (Å²) in [5.41, 5.74) is 0.508. The van der Waals surface area contributed by atoms with E-state index in [1.165, 1.54) is 0 Å². The summed E-state index contributed by atoms with van der Waals surface area (Å²) >= 11 is 14.5. The third-order valence-electron chi connectivity index (χ3n) is 6.55. The number of epoxide rings is 1. The molecular weight excluding hydrogens is 391 g/mol. The second kappa shape index (κ2) is 4.14. The molecule has 1 nitrogen and oxygen atoms in total. The summed E-state index contributed by atoms with van der Waals surface area (Å²) in [6, 6.07) is 0. The van der Waals surface area contributed by atoms with Crippen molar-refractivity contribution in [3.05, 3.63) is 0 Å². The summed E-state index contributed by atoms with van der Waals surface area (Å²) in [5, 5.41) is 0. The molecule has 0 bridgehead atoms. The molecule has 1 aliphatic heterocycles. The van der Waals surface area contributed by atoms with Crippen molar-refractivity contribution < 1.29 is 4.74 Å². The largest absolute Gasteiger partial charge is 0.366 e. The quantitative estimate of drug-likeness (QED) is 0.389. The third kappa shape index (κ3) is 1.80.